The van der Waals surface area contributed by atoms with Crippen LogP contribution in [0.3, 0.4) is 0 Å². The summed E-state index contributed by atoms with van der Waals surface area (Å²) in [5.41, 5.74) is 3.72. The zero-order chi connectivity index (χ0) is 22.3. The Balaban J connectivity index is 1.44. The van der Waals surface area contributed by atoms with E-state index in [1.54, 1.807) is 0 Å². The summed E-state index contributed by atoms with van der Waals surface area (Å²) < 4.78 is 11.8. The third-order valence-electron chi connectivity index (χ3n) is 6.95. The number of nitrogens with zero attached hydrogens (tertiary/aromatic N) is 2. The molecule has 2 aromatic rings. The highest BCUT2D eigenvalue weighted by Crippen LogP contribution is 2.31. The molecule has 0 spiro atoms. The lowest BCUT2D eigenvalue weighted by atomic mass is 10.0. The van der Waals surface area contributed by atoms with Gasteiger partial charge in [-0.2, -0.15) is 0 Å². The Hall–Kier alpha value is -1.92. The second kappa shape index (κ2) is 11.3. The first-order valence-electron chi connectivity index (χ1n) is 12.1. The number of aliphatic hydroxyl groups is 1. The molecule has 1 saturated heterocycles. The van der Waals surface area contributed by atoms with Gasteiger partial charge in [0.05, 0.1) is 19.3 Å². The average molecular weight is 439 g/mol. The summed E-state index contributed by atoms with van der Waals surface area (Å²) in [5, 5.41) is 11.2. The summed E-state index contributed by atoms with van der Waals surface area (Å²) in [5.74, 6) is 0.942. The lowest BCUT2D eigenvalue weighted by Gasteiger charge is -2.36. The highest BCUT2D eigenvalue weighted by Gasteiger charge is 2.40. The molecule has 1 aliphatic carbocycles. The fourth-order valence-electron chi connectivity index (χ4n) is 5.19. The Morgan fingerprint density at radius 1 is 1.06 bits per heavy atom. The van der Waals surface area contributed by atoms with E-state index < -0.39 is 0 Å². The number of aryl methyl sites for hydroxylation is 1. The number of hydrogen-bond acceptors (Lipinski definition) is 5. The van der Waals surface area contributed by atoms with Gasteiger partial charge in [0, 0.05) is 37.3 Å². The summed E-state index contributed by atoms with van der Waals surface area (Å²) in [6.07, 6.45) is 3.94. The molecule has 1 aliphatic heterocycles. The summed E-state index contributed by atoms with van der Waals surface area (Å²) in [6, 6.07) is 17.3. The van der Waals surface area contributed by atoms with Gasteiger partial charge >= 0.3 is 0 Å². The van der Waals surface area contributed by atoms with Crippen LogP contribution in [-0.4, -0.2) is 66.4 Å². The molecule has 5 nitrogen and oxygen atoms in total. The number of ether oxygens (including phenoxy) is 2. The largest absolute Gasteiger partial charge is 0.489 e. The summed E-state index contributed by atoms with van der Waals surface area (Å²) in [7, 11) is 2.14. The molecule has 1 heterocycles. The van der Waals surface area contributed by atoms with E-state index in [0.29, 0.717) is 6.61 Å². The van der Waals surface area contributed by atoms with E-state index >= 15 is 0 Å². The molecule has 3 atom stereocenters. The van der Waals surface area contributed by atoms with Gasteiger partial charge in [0.1, 0.15) is 12.4 Å². The molecular weight excluding hydrogens is 400 g/mol. The van der Waals surface area contributed by atoms with Crippen molar-refractivity contribution in [1.29, 1.82) is 0 Å². The van der Waals surface area contributed by atoms with Gasteiger partial charge in [0.15, 0.2) is 0 Å². The van der Waals surface area contributed by atoms with Crippen molar-refractivity contribution in [2.24, 2.45) is 0 Å². The van der Waals surface area contributed by atoms with Crippen LogP contribution in [0.5, 0.6) is 5.75 Å². The fraction of sp³-hybridized carbons (Fsp3) is 0.556. The Kier molecular flexibility index (Phi) is 8.20. The minimum absolute atomic E-state index is 0.166. The van der Waals surface area contributed by atoms with Crippen molar-refractivity contribution in [3.63, 3.8) is 0 Å². The van der Waals surface area contributed by atoms with E-state index in [9.17, 15) is 5.11 Å². The predicted octanol–water partition coefficient (Wildman–Crippen LogP) is 3.87. The predicted molar refractivity (Wildman–Crippen MR) is 128 cm³/mol. The maximum absolute atomic E-state index is 11.2. The lowest BCUT2D eigenvalue weighted by Crippen LogP contribution is -2.50. The smallest absolute Gasteiger partial charge is 0.124 e. The average Bonchev–Trinajstić information content (AvgIpc) is 3.21. The molecule has 0 radical (unpaired) electrons. The van der Waals surface area contributed by atoms with E-state index in [1.165, 1.54) is 16.7 Å². The van der Waals surface area contributed by atoms with Gasteiger partial charge in [-0.15, -0.1) is 0 Å². The second-order valence-electron chi connectivity index (χ2n) is 9.23. The number of aliphatic hydroxyl groups excluding tert-OH is 1. The van der Waals surface area contributed by atoms with E-state index in [1.807, 2.05) is 18.2 Å². The molecule has 0 unspecified atom stereocenters. The van der Waals surface area contributed by atoms with Crippen molar-refractivity contribution < 1.29 is 14.6 Å². The van der Waals surface area contributed by atoms with Crippen LogP contribution in [-0.2, 0) is 24.3 Å². The van der Waals surface area contributed by atoms with Crippen LogP contribution in [0.1, 0.15) is 42.9 Å². The van der Waals surface area contributed by atoms with E-state index in [-0.39, 0.29) is 18.2 Å². The maximum atomic E-state index is 11.2. The highest BCUT2D eigenvalue weighted by atomic mass is 16.5. The number of rotatable bonds is 9. The van der Waals surface area contributed by atoms with Crippen LogP contribution >= 0.6 is 0 Å². The van der Waals surface area contributed by atoms with Gasteiger partial charge in [-0.3, -0.25) is 9.80 Å². The second-order valence-corrected chi connectivity index (χ2v) is 9.23. The molecule has 174 valence electrons. The van der Waals surface area contributed by atoms with Crippen molar-refractivity contribution in [1.82, 2.24) is 9.80 Å². The monoisotopic (exact) mass is 438 g/mol. The van der Waals surface area contributed by atoms with Crippen molar-refractivity contribution in [3.8, 4) is 5.75 Å². The number of likely N-dealkylation sites (N-methyl/N-ethyl adjacent to an activating group) is 1. The molecule has 0 amide bonds. The van der Waals surface area contributed by atoms with Crippen molar-refractivity contribution in [3.05, 3.63) is 65.2 Å². The molecule has 2 aromatic carbocycles. The maximum Gasteiger partial charge on any atom is 0.124 e. The summed E-state index contributed by atoms with van der Waals surface area (Å²) in [4.78, 5) is 4.74. The van der Waals surface area contributed by atoms with Gasteiger partial charge in [-0.05, 0) is 43.5 Å². The van der Waals surface area contributed by atoms with Crippen LogP contribution in [0.25, 0.3) is 0 Å². The van der Waals surface area contributed by atoms with Crippen molar-refractivity contribution >= 4 is 0 Å². The van der Waals surface area contributed by atoms with Gasteiger partial charge in [-0.1, -0.05) is 55.8 Å². The van der Waals surface area contributed by atoms with Gasteiger partial charge in [0.2, 0.25) is 0 Å². The SMILES string of the molecule is CCCc1ccc(OCc2ccccc2)c(CN(C)[C@@H]2CC[C@@H](N3CCOCC3)[C@@H]2O)c1. The van der Waals surface area contributed by atoms with Gasteiger partial charge in [-0.25, -0.2) is 0 Å². The Morgan fingerprint density at radius 3 is 2.59 bits per heavy atom. The summed E-state index contributed by atoms with van der Waals surface area (Å²) >= 11 is 0. The third-order valence-corrected chi connectivity index (χ3v) is 6.95. The molecule has 2 fully saturated rings. The van der Waals surface area contributed by atoms with Crippen LogP contribution in [0.2, 0.25) is 0 Å². The van der Waals surface area contributed by atoms with E-state index in [4.69, 9.17) is 9.47 Å². The van der Waals surface area contributed by atoms with E-state index in [0.717, 1.165) is 64.3 Å². The molecule has 1 saturated carbocycles. The first kappa shape index (κ1) is 23.2. The number of morpholine rings is 1. The molecule has 1 N–H and O–H groups in total. The zero-order valence-corrected chi connectivity index (χ0v) is 19.6. The number of benzene rings is 2. The van der Waals surface area contributed by atoms with Crippen molar-refractivity contribution in [2.75, 3.05) is 33.4 Å². The van der Waals surface area contributed by atoms with Crippen molar-refractivity contribution in [2.45, 2.75) is 63.9 Å². The molecule has 0 aromatic heterocycles. The lowest BCUT2D eigenvalue weighted by molar-refractivity contribution is -0.0254. The molecule has 0 bridgehead atoms. The minimum atomic E-state index is -0.328. The topological polar surface area (TPSA) is 45.2 Å². The molecule has 2 aliphatic rings. The van der Waals surface area contributed by atoms with Crippen LogP contribution in [0, 0.1) is 0 Å². The Labute approximate surface area is 192 Å². The quantitative estimate of drug-likeness (QED) is 0.644. The fourth-order valence-corrected chi connectivity index (χ4v) is 5.19. The Morgan fingerprint density at radius 2 is 1.84 bits per heavy atom. The van der Waals surface area contributed by atoms with E-state index in [2.05, 4.69) is 54.1 Å². The zero-order valence-electron chi connectivity index (χ0n) is 19.6. The van der Waals surface area contributed by atoms with Crippen LogP contribution in [0.4, 0.5) is 0 Å². The van der Waals surface area contributed by atoms with Gasteiger partial charge < -0.3 is 14.6 Å². The Bertz CT molecular complexity index is 838. The first-order chi connectivity index (χ1) is 15.7. The highest BCUT2D eigenvalue weighted by molar-refractivity contribution is 5.38. The standard InChI is InChI=1S/C27H38N2O3/c1-3-7-21-10-13-26(32-20-22-8-5-4-6-9-22)23(18-21)19-28(2)24-11-12-25(27(24)30)29-14-16-31-17-15-29/h4-6,8-10,13,18,24-25,27,30H,3,7,11-12,14-17,19-20H2,1-2H3/t24-,25-,27-/m1/s1. The molecule has 32 heavy (non-hydrogen) atoms. The molecular formula is C27H38N2O3. The summed E-state index contributed by atoms with van der Waals surface area (Å²) in [6.45, 7) is 6.96. The number of hydrogen-bond donors (Lipinski definition) is 1. The van der Waals surface area contributed by atoms with Crippen LogP contribution in [0.15, 0.2) is 48.5 Å². The van der Waals surface area contributed by atoms with Gasteiger partial charge in [0.25, 0.3) is 0 Å². The molecule has 4 rings (SSSR count). The first-order valence-corrected chi connectivity index (χ1v) is 12.1. The molecule has 5 heteroatoms. The minimum Gasteiger partial charge on any atom is -0.489 e. The normalized spacial score (nSPS) is 24.2. The van der Waals surface area contributed by atoms with Crippen LogP contribution < -0.4 is 4.74 Å². The third kappa shape index (κ3) is 5.70.